The van der Waals surface area contributed by atoms with Crippen molar-refractivity contribution in [2.24, 2.45) is 0 Å². The van der Waals surface area contributed by atoms with E-state index in [4.69, 9.17) is 4.74 Å². The van der Waals surface area contributed by atoms with E-state index in [1.54, 1.807) is 0 Å². The molecule has 2 aromatic rings. The Hall–Kier alpha value is -2.02. The van der Waals surface area contributed by atoms with Crippen molar-refractivity contribution in [3.8, 4) is 16.9 Å². The Morgan fingerprint density at radius 3 is 2.16 bits per heavy atom. The van der Waals surface area contributed by atoms with Gasteiger partial charge >= 0.3 is 0 Å². The minimum Gasteiger partial charge on any atom is -0.494 e. The van der Waals surface area contributed by atoms with Gasteiger partial charge in [0.15, 0.2) is 0 Å². The van der Waals surface area contributed by atoms with Crippen molar-refractivity contribution >= 4 is 0 Å². The number of unbranched alkanes of at least 4 members (excludes halogenated alkanes) is 1. The van der Waals surface area contributed by atoms with Gasteiger partial charge in [-0.05, 0) is 36.1 Å². The quantitative estimate of drug-likeness (QED) is 0.500. The lowest BCUT2D eigenvalue weighted by Gasteiger charge is -2.06. The molecule has 0 aromatic heterocycles. The van der Waals surface area contributed by atoms with Crippen molar-refractivity contribution in [1.29, 1.82) is 0 Å². The molecule has 1 nitrogen and oxygen atoms in total. The molecular formula is C18H22O. The summed E-state index contributed by atoms with van der Waals surface area (Å²) in [5.74, 6) is 0.929. The Morgan fingerprint density at radius 1 is 0.895 bits per heavy atom. The van der Waals surface area contributed by atoms with Gasteiger partial charge in [-0.2, -0.15) is 0 Å². The fourth-order valence-corrected chi connectivity index (χ4v) is 1.79. The van der Waals surface area contributed by atoms with Crippen molar-refractivity contribution in [2.75, 3.05) is 6.61 Å². The van der Waals surface area contributed by atoms with Crippen molar-refractivity contribution < 1.29 is 4.74 Å². The van der Waals surface area contributed by atoms with Gasteiger partial charge in [0.1, 0.15) is 5.75 Å². The molecule has 0 aliphatic heterocycles. The fraction of sp³-hybridized carbons (Fsp3) is 0.222. The molecular weight excluding hydrogens is 232 g/mol. The minimum absolute atomic E-state index is 0. The molecule has 0 amide bonds. The highest BCUT2D eigenvalue weighted by atomic mass is 16.5. The summed E-state index contributed by atoms with van der Waals surface area (Å²) in [7, 11) is 0. The van der Waals surface area contributed by atoms with Gasteiger partial charge in [-0.1, -0.05) is 56.0 Å². The second-order valence-electron chi connectivity index (χ2n) is 4.17. The molecule has 0 bridgehead atoms. The number of ether oxygens (including phenoxy) is 1. The highest BCUT2D eigenvalue weighted by molar-refractivity contribution is 5.63. The predicted molar refractivity (Wildman–Crippen MR) is 83.5 cm³/mol. The van der Waals surface area contributed by atoms with E-state index in [0.29, 0.717) is 0 Å². The molecule has 100 valence electrons. The Bertz CT molecular complexity index is 471. The van der Waals surface area contributed by atoms with E-state index in [9.17, 15) is 0 Å². The molecule has 0 atom stereocenters. The summed E-state index contributed by atoms with van der Waals surface area (Å²) in [4.78, 5) is 0. The summed E-state index contributed by atoms with van der Waals surface area (Å²) in [5.41, 5.74) is 2.45. The third-order valence-corrected chi connectivity index (χ3v) is 2.78. The lowest BCUT2D eigenvalue weighted by atomic mass is 10.1. The number of hydrogen-bond donors (Lipinski definition) is 0. The highest BCUT2D eigenvalue weighted by Gasteiger charge is 1.97. The van der Waals surface area contributed by atoms with Crippen LogP contribution in [0.25, 0.3) is 11.1 Å². The summed E-state index contributed by atoms with van der Waals surface area (Å²) >= 11 is 0. The molecule has 0 saturated carbocycles. The Labute approximate surface area is 116 Å². The maximum atomic E-state index is 5.65. The molecule has 0 fully saturated rings. The summed E-state index contributed by atoms with van der Waals surface area (Å²) < 4.78 is 5.65. The molecule has 2 rings (SSSR count). The lowest BCUT2D eigenvalue weighted by Crippen LogP contribution is -1.96. The zero-order valence-electron chi connectivity index (χ0n) is 10.5. The van der Waals surface area contributed by atoms with Crippen LogP contribution in [0, 0.1) is 0 Å². The van der Waals surface area contributed by atoms with Crippen LogP contribution < -0.4 is 4.74 Å². The number of rotatable bonds is 6. The maximum Gasteiger partial charge on any atom is 0.119 e. The molecule has 1 heteroatoms. The van der Waals surface area contributed by atoms with E-state index in [2.05, 4.69) is 43.0 Å². The summed E-state index contributed by atoms with van der Waals surface area (Å²) in [5, 5.41) is 0. The Morgan fingerprint density at radius 2 is 1.53 bits per heavy atom. The van der Waals surface area contributed by atoms with Crippen LogP contribution in [0.2, 0.25) is 0 Å². The SMILES string of the molecule is C.C=CCCCOc1ccc(-c2ccccc2)cc1. The van der Waals surface area contributed by atoms with E-state index in [1.165, 1.54) is 11.1 Å². The molecule has 19 heavy (non-hydrogen) atoms. The van der Waals surface area contributed by atoms with Gasteiger partial charge in [-0.3, -0.25) is 0 Å². The second-order valence-corrected chi connectivity index (χ2v) is 4.17. The molecule has 0 N–H and O–H groups in total. The monoisotopic (exact) mass is 254 g/mol. The third kappa shape index (κ3) is 4.63. The average molecular weight is 254 g/mol. The predicted octanol–water partition coefficient (Wildman–Crippen LogP) is 5.33. The van der Waals surface area contributed by atoms with Crippen LogP contribution in [0.1, 0.15) is 20.3 Å². The molecule has 2 aromatic carbocycles. The van der Waals surface area contributed by atoms with Gasteiger partial charge in [-0.15, -0.1) is 6.58 Å². The van der Waals surface area contributed by atoms with Crippen LogP contribution in [-0.4, -0.2) is 6.61 Å². The first kappa shape index (κ1) is 15.0. The van der Waals surface area contributed by atoms with Gasteiger partial charge in [0.2, 0.25) is 0 Å². The van der Waals surface area contributed by atoms with Crippen LogP contribution in [0.4, 0.5) is 0 Å². The van der Waals surface area contributed by atoms with E-state index >= 15 is 0 Å². The Balaban J connectivity index is 0.00000180. The molecule has 0 spiro atoms. The number of allylic oxidation sites excluding steroid dienone is 1. The highest BCUT2D eigenvalue weighted by Crippen LogP contribution is 2.22. The topological polar surface area (TPSA) is 9.23 Å². The fourth-order valence-electron chi connectivity index (χ4n) is 1.79. The van der Waals surface area contributed by atoms with Crippen LogP contribution in [-0.2, 0) is 0 Å². The third-order valence-electron chi connectivity index (χ3n) is 2.78. The standard InChI is InChI=1S/C17H18O.CH4/c1-2-3-7-14-18-17-12-10-16(11-13-17)15-8-5-4-6-9-15;/h2,4-6,8-13H,1,3,7,14H2;1H4. The van der Waals surface area contributed by atoms with Crippen molar-refractivity contribution in [1.82, 2.24) is 0 Å². The van der Waals surface area contributed by atoms with E-state index in [0.717, 1.165) is 25.2 Å². The van der Waals surface area contributed by atoms with Gasteiger partial charge in [0, 0.05) is 0 Å². The summed E-state index contributed by atoms with van der Waals surface area (Å²) in [6, 6.07) is 18.6. The van der Waals surface area contributed by atoms with E-state index in [1.807, 2.05) is 24.3 Å². The number of benzene rings is 2. The zero-order chi connectivity index (χ0) is 12.6. The number of hydrogen-bond acceptors (Lipinski definition) is 1. The van der Waals surface area contributed by atoms with Gasteiger partial charge in [0.05, 0.1) is 6.61 Å². The molecule has 0 aliphatic rings. The van der Waals surface area contributed by atoms with Crippen LogP contribution in [0.3, 0.4) is 0 Å². The smallest absolute Gasteiger partial charge is 0.119 e. The van der Waals surface area contributed by atoms with Crippen molar-refractivity contribution in [3.63, 3.8) is 0 Å². The maximum absolute atomic E-state index is 5.65. The Kier molecular flexibility index (Phi) is 6.45. The zero-order valence-corrected chi connectivity index (χ0v) is 10.5. The van der Waals surface area contributed by atoms with Crippen molar-refractivity contribution in [3.05, 3.63) is 67.3 Å². The van der Waals surface area contributed by atoms with E-state index < -0.39 is 0 Å². The van der Waals surface area contributed by atoms with Gasteiger partial charge in [0.25, 0.3) is 0 Å². The summed E-state index contributed by atoms with van der Waals surface area (Å²) in [6.45, 7) is 4.44. The van der Waals surface area contributed by atoms with Crippen LogP contribution in [0.5, 0.6) is 5.75 Å². The van der Waals surface area contributed by atoms with Crippen LogP contribution >= 0.6 is 0 Å². The molecule has 0 radical (unpaired) electrons. The average Bonchev–Trinajstić information content (AvgIpc) is 2.45. The first-order valence-corrected chi connectivity index (χ1v) is 6.29. The van der Waals surface area contributed by atoms with Crippen molar-refractivity contribution in [2.45, 2.75) is 20.3 Å². The normalized spacial score (nSPS) is 9.47. The lowest BCUT2D eigenvalue weighted by molar-refractivity contribution is 0.312. The minimum atomic E-state index is 0. The first-order valence-electron chi connectivity index (χ1n) is 6.29. The molecule has 0 saturated heterocycles. The second kappa shape index (κ2) is 8.15. The molecule has 0 heterocycles. The van der Waals surface area contributed by atoms with Gasteiger partial charge < -0.3 is 4.74 Å². The van der Waals surface area contributed by atoms with E-state index in [-0.39, 0.29) is 7.43 Å². The largest absolute Gasteiger partial charge is 0.494 e. The first-order chi connectivity index (χ1) is 8.90. The van der Waals surface area contributed by atoms with Gasteiger partial charge in [-0.25, -0.2) is 0 Å². The van der Waals surface area contributed by atoms with Crippen LogP contribution in [0.15, 0.2) is 67.3 Å². The molecule has 0 unspecified atom stereocenters. The molecule has 0 aliphatic carbocycles. The summed E-state index contributed by atoms with van der Waals surface area (Å²) in [6.07, 6.45) is 3.94.